The smallest absolute Gasteiger partial charge is 0.222 e. The van der Waals surface area contributed by atoms with Gasteiger partial charge in [-0.2, -0.15) is 5.10 Å². The predicted octanol–water partition coefficient (Wildman–Crippen LogP) is 0.746. The van der Waals surface area contributed by atoms with E-state index in [1.165, 1.54) is 0 Å². The second-order valence-electron chi connectivity index (χ2n) is 4.89. The Bertz CT molecular complexity index is 374. The molecule has 6 heteroatoms. The van der Waals surface area contributed by atoms with E-state index in [9.17, 15) is 4.79 Å². The third kappa shape index (κ3) is 4.65. The number of hydrogen-bond donors (Lipinski definition) is 3. The summed E-state index contributed by atoms with van der Waals surface area (Å²) in [6.45, 7) is 4.45. The van der Waals surface area contributed by atoms with Gasteiger partial charge in [0.1, 0.15) is 0 Å². The number of ether oxygens (including phenoxy) is 1. The molecule has 2 heterocycles. The minimum Gasteiger partial charge on any atom is -0.378 e. The van der Waals surface area contributed by atoms with E-state index in [4.69, 9.17) is 4.74 Å². The van der Waals surface area contributed by atoms with Crippen molar-refractivity contribution < 1.29 is 9.53 Å². The Morgan fingerprint density at radius 3 is 3.05 bits per heavy atom. The van der Waals surface area contributed by atoms with Crippen LogP contribution in [0.25, 0.3) is 0 Å². The van der Waals surface area contributed by atoms with Crippen molar-refractivity contribution in [3.05, 3.63) is 18.0 Å². The Kier molecular flexibility index (Phi) is 5.35. The summed E-state index contributed by atoms with van der Waals surface area (Å²) in [5.74, 6) is 0.0163. The highest BCUT2D eigenvalue weighted by atomic mass is 16.5. The van der Waals surface area contributed by atoms with Crippen molar-refractivity contribution in [1.82, 2.24) is 20.8 Å². The van der Waals surface area contributed by atoms with Crippen LogP contribution in [0, 0.1) is 0 Å². The number of nitrogens with zero attached hydrogens (tertiary/aromatic N) is 1. The Balaban J connectivity index is 1.61. The molecule has 1 amide bonds. The molecule has 0 spiro atoms. The van der Waals surface area contributed by atoms with Crippen molar-refractivity contribution >= 4 is 5.91 Å². The van der Waals surface area contributed by atoms with E-state index < -0.39 is 0 Å². The molecule has 19 heavy (non-hydrogen) atoms. The topological polar surface area (TPSA) is 79.0 Å². The van der Waals surface area contributed by atoms with Gasteiger partial charge in [0.25, 0.3) is 0 Å². The van der Waals surface area contributed by atoms with Crippen LogP contribution in [0.4, 0.5) is 0 Å². The quantitative estimate of drug-likeness (QED) is 0.710. The number of amides is 1. The van der Waals surface area contributed by atoms with Crippen LogP contribution in [0.2, 0.25) is 0 Å². The molecule has 1 aliphatic rings. The van der Waals surface area contributed by atoms with Gasteiger partial charge in [-0.1, -0.05) is 0 Å². The van der Waals surface area contributed by atoms with E-state index in [-0.39, 0.29) is 11.9 Å². The highest BCUT2D eigenvalue weighted by Crippen LogP contribution is 2.10. The van der Waals surface area contributed by atoms with Gasteiger partial charge in [-0.25, -0.2) is 0 Å². The first kappa shape index (κ1) is 14.0. The third-order valence-corrected chi connectivity index (χ3v) is 3.37. The number of nitrogens with one attached hydrogen (secondary N) is 3. The van der Waals surface area contributed by atoms with Crippen LogP contribution in [0.5, 0.6) is 0 Å². The molecule has 1 saturated heterocycles. The van der Waals surface area contributed by atoms with Crippen LogP contribution in [0.15, 0.2) is 12.4 Å². The zero-order chi connectivity index (χ0) is 13.5. The van der Waals surface area contributed by atoms with Gasteiger partial charge < -0.3 is 15.4 Å². The molecule has 0 bridgehead atoms. The van der Waals surface area contributed by atoms with E-state index in [0.29, 0.717) is 19.1 Å². The monoisotopic (exact) mass is 266 g/mol. The third-order valence-electron chi connectivity index (χ3n) is 3.37. The molecule has 1 fully saturated rings. The van der Waals surface area contributed by atoms with Crippen molar-refractivity contribution in [2.75, 3.05) is 19.7 Å². The first-order valence-corrected chi connectivity index (χ1v) is 6.86. The maximum absolute atomic E-state index is 11.8. The van der Waals surface area contributed by atoms with E-state index in [1.807, 2.05) is 6.92 Å². The first-order valence-electron chi connectivity index (χ1n) is 6.86. The Morgan fingerprint density at radius 2 is 2.37 bits per heavy atom. The van der Waals surface area contributed by atoms with Crippen LogP contribution < -0.4 is 10.6 Å². The largest absolute Gasteiger partial charge is 0.378 e. The molecule has 106 valence electrons. The second-order valence-corrected chi connectivity index (χ2v) is 4.89. The minimum atomic E-state index is -0.0230. The summed E-state index contributed by atoms with van der Waals surface area (Å²) in [5.41, 5.74) is 0.979. The average Bonchev–Trinajstić information content (AvgIpc) is 2.94. The van der Waals surface area contributed by atoms with Crippen LogP contribution in [-0.2, 0) is 9.53 Å². The summed E-state index contributed by atoms with van der Waals surface area (Å²) in [7, 11) is 0. The lowest BCUT2D eigenvalue weighted by Gasteiger charge is -2.22. The van der Waals surface area contributed by atoms with Gasteiger partial charge >= 0.3 is 0 Å². The Hall–Kier alpha value is -1.40. The lowest BCUT2D eigenvalue weighted by atomic mass is 10.1. The predicted molar refractivity (Wildman–Crippen MR) is 71.6 cm³/mol. The van der Waals surface area contributed by atoms with Crippen LogP contribution >= 0.6 is 0 Å². The van der Waals surface area contributed by atoms with Gasteiger partial charge in [-0.15, -0.1) is 0 Å². The molecule has 0 aromatic carbocycles. The maximum Gasteiger partial charge on any atom is 0.222 e. The number of aromatic nitrogens is 2. The number of hydrogen-bond acceptors (Lipinski definition) is 4. The standard InChI is InChI=1S/C13H22N4O2/c1-10(11-8-15-16-9-11)17-13(18)4-7-19-12-2-5-14-6-3-12/h8-10,12,14H,2-7H2,1H3,(H,15,16)(H,17,18). The van der Waals surface area contributed by atoms with Crippen LogP contribution in [0.3, 0.4) is 0 Å². The number of carbonyl (C=O) groups is 1. The molecule has 0 radical (unpaired) electrons. The molecular formula is C13H22N4O2. The summed E-state index contributed by atoms with van der Waals surface area (Å²) in [6.07, 6.45) is 6.29. The van der Waals surface area contributed by atoms with Gasteiger partial charge in [0.05, 0.1) is 24.9 Å². The number of aromatic amines is 1. The summed E-state index contributed by atoms with van der Waals surface area (Å²) in [5, 5.41) is 12.8. The fraction of sp³-hybridized carbons (Fsp3) is 0.692. The van der Waals surface area contributed by atoms with Gasteiger partial charge in [0.15, 0.2) is 0 Å². The van der Waals surface area contributed by atoms with Crippen molar-refractivity contribution in [3.63, 3.8) is 0 Å². The molecule has 3 N–H and O–H groups in total. The first-order chi connectivity index (χ1) is 9.25. The van der Waals surface area contributed by atoms with Gasteiger partial charge in [-0.05, 0) is 32.9 Å². The van der Waals surface area contributed by atoms with Gasteiger partial charge in [0.2, 0.25) is 5.91 Å². The van der Waals surface area contributed by atoms with E-state index >= 15 is 0 Å². The summed E-state index contributed by atoms with van der Waals surface area (Å²) < 4.78 is 5.71. The molecule has 6 nitrogen and oxygen atoms in total. The molecule has 0 saturated carbocycles. The zero-order valence-corrected chi connectivity index (χ0v) is 11.3. The molecule has 2 rings (SSSR count). The van der Waals surface area contributed by atoms with E-state index in [1.54, 1.807) is 12.4 Å². The average molecular weight is 266 g/mol. The molecule has 0 aliphatic carbocycles. The molecule has 1 atom stereocenters. The molecule has 1 unspecified atom stereocenters. The SMILES string of the molecule is CC(NC(=O)CCOC1CCNCC1)c1cn[nH]c1. The van der Waals surface area contributed by atoms with Crippen molar-refractivity contribution in [1.29, 1.82) is 0 Å². The fourth-order valence-electron chi connectivity index (χ4n) is 2.18. The van der Waals surface area contributed by atoms with Crippen molar-refractivity contribution in [3.8, 4) is 0 Å². The highest BCUT2D eigenvalue weighted by Gasteiger charge is 2.14. The maximum atomic E-state index is 11.8. The normalized spacial score (nSPS) is 18.2. The van der Waals surface area contributed by atoms with Crippen LogP contribution in [-0.4, -0.2) is 41.9 Å². The van der Waals surface area contributed by atoms with Gasteiger partial charge in [0, 0.05) is 18.2 Å². The number of carbonyl (C=O) groups excluding carboxylic acids is 1. The Morgan fingerprint density at radius 1 is 1.58 bits per heavy atom. The number of piperidine rings is 1. The minimum absolute atomic E-state index is 0.0163. The van der Waals surface area contributed by atoms with Crippen LogP contribution in [0.1, 0.15) is 37.8 Å². The van der Waals surface area contributed by atoms with E-state index in [2.05, 4.69) is 20.8 Å². The van der Waals surface area contributed by atoms with Gasteiger partial charge in [-0.3, -0.25) is 9.89 Å². The summed E-state index contributed by atoms with van der Waals surface area (Å²) in [4.78, 5) is 11.8. The summed E-state index contributed by atoms with van der Waals surface area (Å²) in [6, 6.07) is -0.0230. The summed E-state index contributed by atoms with van der Waals surface area (Å²) >= 11 is 0. The molecule has 1 aromatic rings. The zero-order valence-electron chi connectivity index (χ0n) is 11.3. The number of H-pyrrole nitrogens is 1. The Labute approximate surface area is 113 Å². The van der Waals surface area contributed by atoms with Crippen molar-refractivity contribution in [2.45, 2.75) is 38.3 Å². The highest BCUT2D eigenvalue weighted by molar-refractivity contribution is 5.76. The number of rotatable bonds is 6. The lowest BCUT2D eigenvalue weighted by Crippen LogP contribution is -2.33. The van der Waals surface area contributed by atoms with E-state index in [0.717, 1.165) is 31.5 Å². The fourth-order valence-corrected chi connectivity index (χ4v) is 2.18. The lowest BCUT2D eigenvalue weighted by molar-refractivity contribution is -0.123. The second kappa shape index (κ2) is 7.25. The molecule has 1 aliphatic heterocycles. The molecular weight excluding hydrogens is 244 g/mol. The molecule has 1 aromatic heterocycles. The van der Waals surface area contributed by atoms with Crippen molar-refractivity contribution in [2.24, 2.45) is 0 Å².